The van der Waals surface area contributed by atoms with Crippen molar-refractivity contribution in [2.24, 2.45) is 0 Å². The molecule has 13 heteroatoms. The second kappa shape index (κ2) is 7.24. The number of carbonyl (C=O) groups is 3. The van der Waals surface area contributed by atoms with Crippen molar-refractivity contribution in [3.05, 3.63) is 30.0 Å². The molecule has 1 aromatic carbocycles. The van der Waals surface area contributed by atoms with Crippen LogP contribution >= 0.6 is 0 Å². The van der Waals surface area contributed by atoms with Crippen molar-refractivity contribution in [1.29, 1.82) is 0 Å². The summed E-state index contributed by atoms with van der Waals surface area (Å²) in [5.74, 6) is -5.56. The molecular weight excluding hydrogens is 569 g/mol. The Balaban J connectivity index is 2.53. The van der Waals surface area contributed by atoms with Crippen LogP contribution in [0.4, 0.5) is 26.3 Å². The van der Waals surface area contributed by atoms with Crippen molar-refractivity contribution in [2.45, 2.75) is 12.4 Å². The molecule has 2 rings (SSSR count). The summed E-state index contributed by atoms with van der Waals surface area (Å²) >= 11 is -5.40. The van der Waals surface area contributed by atoms with E-state index in [2.05, 4.69) is 10.4 Å². The van der Waals surface area contributed by atoms with Crippen LogP contribution in [0, 0.1) is 0 Å². The Morgan fingerprint density at radius 3 is 2.00 bits per heavy atom. The van der Waals surface area contributed by atoms with E-state index >= 15 is 0 Å². The fourth-order valence-electron chi connectivity index (χ4n) is 2.01. The summed E-state index contributed by atoms with van der Waals surface area (Å²) < 4.78 is 82.5. The van der Waals surface area contributed by atoms with Gasteiger partial charge in [0.15, 0.2) is 0 Å². The van der Waals surface area contributed by atoms with Crippen LogP contribution in [0.25, 0.3) is 10.9 Å². The third kappa shape index (κ3) is 4.34. The molecule has 0 spiro atoms. The summed E-state index contributed by atoms with van der Waals surface area (Å²) in [7, 11) is 0. The molecule has 0 aliphatic carbocycles. The van der Waals surface area contributed by atoms with Gasteiger partial charge in [-0.05, 0) is 0 Å². The topological polar surface area (TPSA) is 85.5 Å². The summed E-state index contributed by atoms with van der Waals surface area (Å²) in [5, 5.41) is -0.0703. The summed E-state index contributed by atoms with van der Waals surface area (Å²) in [6.45, 7) is 0. The zero-order chi connectivity index (χ0) is 19.7. The van der Waals surface area contributed by atoms with Crippen molar-refractivity contribution in [3.8, 4) is 0 Å². The number of alkyl halides is 6. The average Bonchev–Trinajstić information content (AvgIpc) is 2.95. The Hall–Kier alpha value is -2.13. The maximum atomic E-state index is 12.4. The Morgan fingerprint density at radius 2 is 1.54 bits per heavy atom. The molecule has 0 radical (unpaired) electrons. The van der Waals surface area contributed by atoms with E-state index in [0.29, 0.717) is 6.29 Å². The first kappa shape index (κ1) is 20.2. The van der Waals surface area contributed by atoms with Crippen molar-refractivity contribution >= 4 is 55.9 Å². The van der Waals surface area contributed by atoms with Crippen LogP contribution in [-0.2, 0) is 15.0 Å². The van der Waals surface area contributed by atoms with Gasteiger partial charge in [-0.1, -0.05) is 0 Å². The number of rotatable bonds is 4. The normalized spacial score (nSPS) is 11.9. The number of halogens is 6. The minimum absolute atomic E-state index is 0.0703. The summed E-state index contributed by atoms with van der Waals surface area (Å²) in [6, 6.07) is 3.66. The minimum atomic E-state index is -5.50. The summed E-state index contributed by atoms with van der Waals surface area (Å²) in [5.41, 5.74) is 0.0763. The van der Waals surface area contributed by atoms with Crippen LogP contribution in [0.15, 0.2) is 24.4 Å². The second-order valence-corrected chi connectivity index (χ2v) is 11.6. The first-order valence-corrected chi connectivity index (χ1v) is 12.5. The predicted octanol–water partition coefficient (Wildman–Crippen LogP) is 1.89. The van der Waals surface area contributed by atoms with Crippen LogP contribution in [-0.4, -0.2) is 59.2 Å². The standard InChI is InChI=1S/C9H6NO.2C2HF3O2.Tl/c11-6-7-5-10-9-4-2-1-3-8(7)9;2*3-2(4,5)1(6)7;/h1-2,4-6,10H;2*(H,6,7);/q;;;+2/p-2. The van der Waals surface area contributed by atoms with Gasteiger partial charge in [0.25, 0.3) is 0 Å². The van der Waals surface area contributed by atoms with Gasteiger partial charge < -0.3 is 0 Å². The van der Waals surface area contributed by atoms with E-state index in [4.69, 9.17) is 0 Å². The molecule has 1 aromatic heterocycles. The Labute approximate surface area is 149 Å². The SMILES string of the molecule is O=Cc1c[nH]c2ccc[c]([Tl]([O]C(=O)C(F)(F)F)[O]C(=O)C(F)(F)F)c12. The fraction of sp³-hybridized carbons (Fsp3) is 0.154. The van der Waals surface area contributed by atoms with E-state index in [9.17, 15) is 40.7 Å². The zero-order valence-corrected chi connectivity index (χ0v) is 16.8. The zero-order valence-electron chi connectivity index (χ0n) is 12.3. The number of benzene rings is 1. The fourth-order valence-corrected chi connectivity index (χ4v) is 8.95. The molecule has 6 nitrogen and oxygen atoms in total. The average molecular weight is 575 g/mol. The van der Waals surface area contributed by atoms with Crippen molar-refractivity contribution in [3.63, 3.8) is 0 Å². The van der Waals surface area contributed by atoms with Gasteiger partial charge >= 0.3 is 149 Å². The molecule has 1 N–H and O–H groups in total. The van der Waals surface area contributed by atoms with Gasteiger partial charge in [-0.2, -0.15) is 0 Å². The molecule has 0 aliphatic rings. The van der Waals surface area contributed by atoms with E-state index < -0.39 is 47.9 Å². The molecule has 0 bridgehead atoms. The first-order chi connectivity index (χ1) is 11.9. The quantitative estimate of drug-likeness (QED) is 0.343. The first-order valence-electron chi connectivity index (χ1n) is 6.56. The number of hydrogen-bond donors (Lipinski definition) is 1. The van der Waals surface area contributed by atoms with Crippen molar-refractivity contribution in [1.82, 2.24) is 4.98 Å². The third-order valence-corrected chi connectivity index (χ3v) is 10.2. The van der Waals surface area contributed by atoms with Gasteiger partial charge in [-0.15, -0.1) is 0 Å². The number of aldehydes is 1. The maximum absolute atomic E-state index is 12.4. The monoisotopic (exact) mass is 575 g/mol. The Kier molecular flexibility index (Phi) is 5.62. The van der Waals surface area contributed by atoms with Crippen LogP contribution in [0.3, 0.4) is 0 Å². The Bertz CT molecular complexity index is 831. The number of aromatic nitrogens is 1. The van der Waals surface area contributed by atoms with E-state index in [1.54, 1.807) is 0 Å². The van der Waals surface area contributed by atoms with Gasteiger partial charge in [0.2, 0.25) is 0 Å². The van der Waals surface area contributed by atoms with E-state index in [0.717, 1.165) is 12.3 Å². The van der Waals surface area contributed by atoms with E-state index in [1.165, 1.54) is 12.1 Å². The van der Waals surface area contributed by atoms with Crippen LogP contribution in [0.5, 0.6) is 0 Å². The summed E-state index contributed by atoms with van der Waals surface area (Å²) in [6.07, 6.45) is -9.54. The van der Waals surface area contributed by atoms with Gasteiger partial charge in [0.1, 0.15) is 0 Å². The van der Waals surface area contributed by atoms with Gasteiger partial charge in [0.05, 0.1) is 0 Å². The molecule has 138 valence electrons. The molecule has 26 heavy (non-hydrogen) atoms. The number of nitrogens with one attached hydrogen (secondary N) is 1. The van der Waals surface area contributed by atoms with E-state index in [-0.39, 0.29) is 19.6 Å². The Morgan fingerprint density at radius 1 is 1.00 bits per heavy atom. The second-order valence-electron chi connectivity index (χ2n) is 4.77. The summed E-state index contributed by atoms with van der Waals surface area (Å²) in [4.78, 5) is 35.8. The molecule has 0 fully saturated rings. The number of hydrogen-bond acceptors (Lipinski definition) is 5. The molecule has 0 atom stereocenters. The van der Waals surface area contributed by atoms with Crippen molar-refractivity contribution in [2.75, 3.05) is 0 Å². The molecule has 2 aromatic rings. The molecule has 0 saturated carbocycles. The molecule has 0 unspecified atom stereocenters. The number of carbonyl (C=O) groups excluding carboxylic acids is 3. The molecule has 1 heterocycles. The molecule has 0 saturated heterocycles. The van der Waals surface area contributed by atoms with Crippen LogP contribution < -0.4 is 3.12 Å². The molecule has 0 amide bonds. The third-order valence-electron chi connectivity index (χ3n) is 3.04. The molecular formula is C13H6F6NO5Tl. The number of aromatic amines is 1. The van der Waals surface area contributed by atoms with E-state index in [1.807, 2.05) is 0 Å². The number of fused-ring (bicyclic) bond motifs is 1. The number of H-pyrrole nitrogens is 1. The predicted molar refractivity (Wildman–Crippen MR) is 73.4 cm³/mol. The van der Waals surface area contributed by atoms with Gasteiger partial charge in [0, 0.05) is 0 Å². The molecule has 0 aliphatic heterocycles. The van der Waals surface area contributed by atoms with Crippen LogP contribution in [0.2, 0.25) is 0 Å². The van der Waals surface area contributed by atoms with Crippen molar-refractivity contribution < 1.29 is 46.1 Å². The van der Waals surface area contributed by atoms with Gasteiger partial charge in [-0.3, -0.25) is 0 Å². The van der Waals surface area contributed by atoms with Crippen LogP contribution in [0.1, 0.15) is 10.4 Å². The van der Waals surface area contributed by atoms with Gasteiger partial charge in [-0.25, -0.2) is 0 Å².